The summed E-state index contributed by atoms with van der Waals surface area (Å²) < 4.78 is 1.04. The van der Waals surface area contributed by atoms with Gasteiger partial charge in [0.15, 0.2) is 0 Å². The van der Waals surface area contributed by atoms with Crippen LogP contribution < -0.4 is 5.32 Å². The predicted octanol–water partition coefficient (Wildman–Crippen LogP) is 6.42. The van der Waals surface area contributed by atoms with Crippen LogP contribution in [0.5, 0.6) is 0 Å². The van der Waals surface area contributed by atoms with Crippen LogP contribution in [0.1, 0.15) is 63.5 Å². The monoisotopic (exact) mass is 369 g/mol. The zero-order chi connectivity index (χ0) is 15.1. The zero-order valence-corrected chi connectivity index (χ0v) is 15.1. The van der Waals surface area contributed by atoms with Gasteiger partial charge in [0.2, 0.25) is 0 Å². The number of halogens is 2. The molecule has 1 nitrogen and oxygen atoms in total. The molecule has 0 saturated carbocycles. The van der Waals surface area contributed by atoms with Crippen molar-refractivity contribution in [1.29, 1.82) is 0 Å². The Kier molecular flexibility index (Phi) is 7.28. The third-order valence-corrected chi connectivity index (χ3v) is 4.89. The van der Waals surface area contributed by atoms with Crippen molar-refractivity contribution < 1.29 is 0 Å². The van der Waals surface area contributed by atoms with E-state index in [4.69, 9.17) is 11.6 Å². The van der Waals surface area contributed by atoms with Crippen molar-refractivity contribution in [3.8, 4) is 0 Å². The molecule has 1 unspecified atom stereocenters. The lowest BCUT2D eigenvalue weighted by atomic mass is 9.91. The average Bonchev–Trinajstić information content (AvgIpc) is 2.42. The quantitative estimate of drug-likeness (QED) is 0.589. The van der Waals surface area contributed by atoms with E-state index < -0.39 is 0 Å². The van der Waals surface area contributed by atoms with Crippen LogP contribution in [-0.4, -0.2) is 6.54 Å². The molecule has 3 heteroatoms. The van der Waals surface area contributed by atoms with Crippen LogP contribution in [0.3, 0.4) is 0 Å². The van der Waals surface area contributed by atoms with Gasteiger partial charge < -0.3 is 5.32 Å². The van der Waals surface area contributed by atoms with Crippen LogP contribution in [-0.2, 0) is 0 Å². The molecule has 2 rings (SSSR count). The lowest BCUT2D eigenvalue weighted by molar-refractivity contribution is 0.541. The van der Waals surface area contributed by atoms with E-state index in [0.717, 1.165) is 22.5 Å². The molecule has 0 radical (unpaired) electrons. The number of rotatable bonds is 5. The van der Waals surface area contributed by atoms with E-state index in [1.807, 2.05) is 6.07 Å². The molecule has 0 aliphatic heterocycles. The van der Waals surface area contributed by atoms with E-state index in [1.165, 1.54) is 49.7 Å². The largest absolute Gasteiger partial charge is 0.306 e. The summed E-state index contributed by atoms with van der Waals surface area (Å²) in [4.78, 5) is 0. The second-order valence-electron chi connectivity index (χ2n) is 5.78. The van der Waals surface area contributed by atoms with Crippen molar-refractivity contribution >= 4 is 27.5 Å². The van der Waals surface area contributed by atoms with Gasteiger partial charge in [0.25, 0.3) is 0 Å². The fraction of sp³-hybridized carbons (Fsp3) is 0.556. The maximum Gasteiger partial charge on any atom is 0.0550 e. The fourth-order valence-electron chi connectivity index (χ4n) is 2.94. The van der Waals surface area contributed by atoms with Crippen LogP contribution in [0.15, 0.2) is 34.3 Å². The lowest BCUT2D eigenvalue weighted by Gasteiger charge is -2.25. The molecular weight excluding hydrogens is 346 g/mol. The first-order valence-electron chi connectivity index (χ1n) is 8.09. The van der Waals surface area contributed by atoms with Gasteiger partial charge in [-0.15, -0.1) is 0 Å². The van der Waals surface area contributed by atoms with Gasteiger partial charge in [-0.1, -0.05) is 65.0 Å². The minimum absolute atomic E-state index is 0.267. The van der Waals surface area contributed by atoms with Crippen molar-refractivity contribution in [3.63, 3.8) is 0 Å². The van der Waals surface area contributed by atoms with E-state index in [2.05, 4.69) is 46.4 Å². The number of benzene rings is 1. The molecule has 1 atom stereocenters. The van der Waals surface area contributed by atoms with E-state index in [-0.39, 0.29) is 6.04 Å². The molecule has 0 bridgehead atoms. The molecule has 0 heterocycles. The summed E-state index contributed by atoms with van der Waals surface area (Å²) in [5, 5.41) is 4.54. The summed E-state index contributed by atoms with van der Waals surface area (Å²) >= 11 is 10.00. The number of hydrogen-bond acceptors (Lipinski definition) is 1. The van der Waals surface area contributed by atoms with Crippen LogP contribution >= 0.6 is 27.5 Å². The summed E-state index contributed by atoms with van der Waals surface area (Å²) in [6, 6.07) is 6.51. The Hall–Kier alpha value is -0.310. The number of nitrogens with one attached hydrogen (secondary N) is 1. The highest BCUT2D eigenvalue weighted by Crippen LogP contribution is 2.34. The summed E-state index contributed by atoms with van der Waals surface area (Å²) in [6.45, 7) is 3.23. The van der Waals surface area contributed by atoms with Gasteiger partial charge in [-0.05, 0) is 56.3 Å². The Morgan fingerprint density at radius 2 is 2.05 bits per heavy atom. The summed E-state index contributed by atoms with van der Waals surface area (Å²) in [6.07, 6.45) is 11.3. The molecule has 0 saturated heterocycles. The first-order valence-corrected chi connectivity index (χ1v) is 9.26. The summed E-state index contributed by atoms with van der Waals surface area (Å²) in [7, 11) is 0. The molecule has 116 valence electrons. The maximum atomic E-state index is 6.50. The van der Waals surface area contributed by atoms with Gasteiger partial charge in [-0.2, -0.15) is 0 Å². The van der Waals surface area contributed by atoms with E-state index in [0.29, 0.717) is 0 Å². The van der Waals surface area contributed by atoms with Crippen LogP contribution in [0.25, 0.3) is 0 Å². The minimum Gasteiger partial charge on any atom is -0.306 e. The molecule has 1 N–H and O–H groups in total. The first-order chi connectivity index (χ1) is 10.2. The maximum absolute atomic E-state index is 6.50. The standard InChI is InChI=1S/C18H25BrClN/c1-2-12-21-18(14-8-6-4-3-5-7-9-14)16-11-10-15(19)13-17(16)20/h8,10-11,13,18,21H,2-7,9,12H2,1H3/b14-8+. The molecule has 0 aromatic heterocycles. The van der Waals surface area contributed by atoms with Crippen LogP contribution in [0.2, 0.25) is 5.02 Å². The highest BCUT2D eigenvalue weighted by atomic mass is 79.9. The highest BCUT2D eigenvalue weighted by Gasteiger charge is 2.19. The Bertz CT molecular complexity index is 484. The highest BCUT2D eigenvalue weighted by molar-refractivity contribution is 9.10. The van der Waals surface area contributed by atoms with Crippen molar-refractivity contribution in [3.05, 3.63) is 44.9 Å². The minimum atomic E-state index is 0.267. The van der Waals surface area contributed by atoms with Crippen LogP contribution in [0, 0.1) is 0 Å². The Morgan fingerprint density at radius 3 is 2.81 bits per heavy atom. The second-order valence-corrected chi connectivity index (χ2v) is 7.11. The smallest absolute Gasteiger partial charge is 0.0550 e. The lowest BCUT2D eigenvalue weighted by Crippen LogP contribution is -2.24. The average molecular weight is 371 g/mol. The zero-order valence-electron chi connectivity index (χ0n) is 12.8. The Morgan fingerprint density at radius 1 is 1.24 bits per heavy atom. The molecule has 1 aromatic carbocycles. The number of allylic oxidation sites excluding steroid dienone is 1. The van der Waals surface area contributed by atoms with E-state index in [1.54, 1.807) is 0 Å². The van der Waals surface area contributed by atoms with Gasteiger partial charge in [-0.25, -0.2) is 0 Å². The van der Waals surface area contributed by atoms with Crippen molar-refractivity contribution in [2.24, 2.45) is 0 Å². The van der Waals surface area contributed by atoms with E-state index >= 15 is 0 Å². The predicted molar refractivity (Wildman–Crippen MR) is 96.0 cm³/mol. The van der Waals surface area contributed by atoms with Crippen molar-refractivity contribution in [2.75, 3.05) is 6.54 Å². The topological polar surface area (TPSA) is 12.0 Å². The van der Waals surface area contributed by atoms with E-state index in [9.17, 15) is 0 Å². The summed E-state index contributed by atoms with van der Waals surface area (Å²) in [5.74, 6) is 0. The molecule has 1 aliphatic carbocycles. The SMILES string of the molecule is CCCNC(/C1=C/CCCCCC1)c1ccc(Br)cc1Cl. The second kappa shape index (κ2) is 8.97. The normalized spacial score (nSPS) is 20.2. The summed E-state index contributed by atoms with van der Waals surface area (Å²) in [5.41, 5.74) is 2.73. The first kappa shape index (κ1) is 17.1. The molecule has 0 fully saturated rings. The Balaban J connectivity index is 2.27. The van der Waals surface area contributed by atoms with Crippen molar-refractivity contribution in [2.45, 2.75) is 57.9 Å². The molecule has 21 heavy (non-hydrogen) atoms. The fourth-order valence-corrected chi connectivity index (χ4v) is 3.73. The van der Waals surface area contributed by atoms with Gasteiger partial charge in [0.1, 0.15) is 0 Å². The third-order valence-electron chi connectivity index (χ3n) is 4.07. The third kappa shape index (κ3) is 5.12. The molecule has 0 amide bonds. The van der Waals surface area contributed by atoms with Gasteiger partial charge in [-0.3, -0.25) is 0 Å². The molecule has 0 spiro atoms. The Labute approximate surface area is 142 Å². The molecule has 1 aromatic rings. The van der Waals surface area contributed by atoms with Gasteiger partial charge >= 0.3 is 0 Å². The number of hydrogen-bond donors (Lipinski definition) is 1. The van der Waals surface area contributed by atoms with Crippen LogP contribution in [0.4, 0.5) is 0 Å². The molecular formula is C18H25BrClN. The van der Waals surface area contributed by atoms with Gasteiger partial charge in [0.05, 0.1) is 6.04 Å². The van der Waals surface area contributed by atoms with Gasteiger partial charge in [0, 0.05) is 9.50 Å². The molecule has 1 aliphatic rings. The van der Waals surface area contributed by atoms with Crippen molar-refractivity contribution in [1.82, 2.24) is 5.32 Å².